The van der Waals surface area contributed by atoms with E-state index in [0.29, 0.717) is 6.54 Å². The zero-order valence-corrected chi connectivity index (χ0v) is 13.4. The highest BCUT2D eigenvalue weighted by Crippen LogP contribution is 2.25. The van der Waals surface area contributed by atoms with E-state index in [4.69, 9.17) is 4.98 Å². The fourth-order valence-electron chi connectivity index (χ4n) is 2.24. The number of rotatable bonds is 5. The van der Waals surface area contributed by atoms with Gasteiger partial charge in [-0.05, 0) is 26.3 Å². The predicted molar refractivity (Wildman–Crippen MR) is 83.3 cm³/mol. The number of hydrogen-bond acceptors (Lipinski definition) is 5. The molecule has 2 heterocycles. The number of thiazole rings is 1. The third-order valence-corrected chi connectivity index (χ3v) is 4.52. The Labute approximate surface area is 125 Å². The number of aromatic nitrogens is 1. The molecule has 0 spiro atoms. The molecule has 1 aliphatic rings. The summed E-state index contributed by atoms with van der Waals surface area (Å²) >= 11 is 1.63. The summed E-state index contributed by atoms with van der Waals surface area (Å²) < 4.78 is 0. The molecular weight excluding hydrogens is 272 g/mol. The highest BCUT2D eigenvalue weighted by molar-refractivity contribution is 7.13. The molecule has 6 heteroatoms. The smallest absolute Gasteiger partial charge is 0.241 e. The van der Waals surface area contributed by atoms with Crippen LogP contribution < -0.4 is 10.2 Å². The number of hydrogen-bond donors (Lipinski definition) is 1. The summed E-state index contributed by atoms with van der Waals surface area (Å²) in [6.07, 6.45) is 2.12. The van der Waals surface area contributed by atoms with E-state index in [9.17, 15) is 4.79 Å². The van der Waals surface area contributed by atoms with E-state index in [2.05, 4.69) is 29.4 Å². The summed E-state index contributed by atoms with van der Waals surface area (Å²) in [7, 11) is 1.87. The Kier molecular flexibility index (Phi) is 5.37. The number of carbonyl (C=O) groups excluding carboxylic acids is 1. The molecule has 20 heavy (non-hydrogen) atoms. The highest BCUT2D eigenvalue weighted by atomic mass is 32.1. The summed E-state index contributed by atoms with van der Waals surface area (Å²) in [6, 6.07) is 0.269. The minimum Gasteiger partial charge on any atom is -0.344 e. The first-order valence-electron chi connectivity index (χ1n) is 7.29. The van der Waals surface area contributed by atoms with E-state index in [1.165, 1.54) is 0 Å². The van der Waals surface area contributed by atoms with Crippen molar-refractivity contribution in [3.05, 3.63) is 11.1 Å². The van der Waals surface area contributed by atoms with Gasteiger partial charge in [0.25, 0.3) is 0 Å². The minimum atomic E-state index is 0.177. The number of carbonyl (C=O) groups is 1. The maximum Gasteiger partial charge on any atom is 0.241 e. The fourth-order valence-corrected chi connectivity index (χ4v) is 3.18. The van der Waals surface area contributed by atoms with Crippen molar-refractivity contribution in [2.24, 2.45) is 0 Å². The lowest BCUT2D eigenvalue weighted by Crippen LogP contribution is -2.34. The summed E-state index contributed by atoms with van der Waals surface area (Å²) in [5.41, 5.74) is 1.07. The molecule has 0 aliphatic carbocycles. The quantitative estimate of drug-likeness (QED) is 0.901. The van der Waals surface area contributed by atoms with Crippen molar-refractivity contribution in [2.75, 3.05) is 38.1 Å². The van der Waals surface area contributed by atoms with Crippen LogP contribution in [0.5, 0.6) is 0 Å². The molecule has 1 fully saturated rings. The second-order valence-corrected chi connectivity index (χ2v) is 6.16. The molecule has 1 aromatic heterocycles. The van der Waals surface area contributed by atoms with Crippen LogP contribution >= 0.6 is 11.3 Å². The van der Waals surface area contributed by atoms with E-state index in [1.54, 1.807) is 16.2 Å². The summed E-state index contributed by atoms with van der Waals surface area (Å²) in [5.74, 6) is 0.177. The van der Waals surface area contributed by atoms with Gasteiger partial charge >= 0.3 is 0 Å². The van der Waals surface area contributed by atoms with Crippen molar-refractivity contribution >= 4 is 22.4 Å². The van der Waals surface area contributed by atoms with Crippen molar-refractivity contribution in [1.29, 1.82) is 0 Å². The van der Waals surface area contributed by atoms with Crippen LogP contribution in [0.2, 0.25) is 0 Å². The van der Waals surface area contributed by atoms with Gasteiger partial charge in [-0.25, -0.2) is 4.98 Å². The van der Waals surface area contributed by atoms with Crippen molar-refractivity contribution in [1.82, 2.24) is 15.2 Å². The van der Waals surface area contributed by atoms with Gasteiger partial charge in [-0.1, -0.05) is 6.92 Å². The van der Waals surface area contributed by atoms with Gasteiger partial charge in [0.05, 0.1) is 12.2 Å². The Morgan fingerprint density at radius 1 is 1.50 bits per heavy atom. The highest BCUT2D eigenvalue weighted by Gasteiger charge is 2.21. The molecule has 112 valence electrons. The molecule has 0 bridgehead atoms. The molecular formula is C14H24N4OS. The van der Waals surface area contributed by atoms with Gasteiger partial charge in [-0.15, -0.1) is 11.3 Å². The first-order chi connectivity index (χ1) is 9.61. The molecule has 1 amide bonds. The molecule has 0 saturated carbocycles. The van der Waals surface area contributed by atoms with Gasteiger partial charge in [-0.2, -0.15) is 0 Å². The number of anilines is 1. The van der Waals surface area contributed by atoms with Gasteiger partial charge in [0.2, 0.25) is 5.91 Å². The lowest BCUT2D eigenvalue weighted by molar-refractivity contribution is -0.127. The van der Waals surface area contributed by atoms with Crippen LogP contribution in [0.1, 0.15) is 38.4 Å². The molecule has 1 N–H and O–H groups in total. The van der Waals surface area contributed by atoms with E-state index in [0.717, 1.165) is 43.3 Å². The SMILES string of the molecule is CCCNC(C)c1csc(N2CCCN(C)C(=O)C2)n1. The molecule has 1 aliphatic heterocycles. The first kappa shape index (κ1) is 15.3. The lowest BCUT2D eigenvalue weighted by atomic mass is 10.2. The summed E-state index contributed by atoms with van der Waals surface area (Å²) in [6.45, 7) is 7.48. The van der Waals surface area contributed by atoms with Crippen molar-refractivity contribution in [3.8, 4) is 0 Å². The lowest BCUT2D eigenvalue weighted by Gasteiger charge is -2.18. The predicted octanol–water partition coefficient (Wildman–Crippen LogP) is 1.87. The van der Waals surface area contributed by atoms with E-state index < -0.39 is 0 Å². The zero-order valence-electron chi connectivity index (χ0n) is 12.6. The third kappa shape index (κ3) is 3.70. The molecule has 5 nitrogen and oxygen atoms in total. The fraction of sp³-hybridized carbons (Fsp3) is 0.714. The molecule has 1 unspecified atom stereocenters. The van der Waals surface area contributed by atoms with Gasteiger partial charge in [0, 0.05) is 31.6 Å². The van der Waals surface area contributed by atoms with Gasteiger partial charge in [-0.3, -0.25) is 4.79 Å². The monoisotopic (exact) mass is 296 g/mol. The minimum absolute atomic E-state index is 0.177. The van der Waals surface area contributed by atoms with Gasteiger partial charge in [0.15, 0.2) is 5.13 Å². The van der Waals surface area contributed by atoms with E-state index in [1.807, 2.05) is 7.05 Å². The summed E-state index contributed by atoms with van der Waals surface area (Å²) in [4.78, 5) is 20.5. The number of nitrogens with zero attached hydrogens (tertiary/aromatic N) is 3. The number of nitrogens with one attached hydrogen (secondary N) is 1. The second-order valence-electron chi connectivity index (χ2n) is 5.32. The van der Waals surface area contributed by atoms with Crippen LogP contribution in [0.4, 0.5) is 5.13 Å². The average Bonchev–Trinajstić information content (AvgIpc) is 2.86. The maximum atomic E-state index is 11.9. The summed E-state index contributed by atoms with van der Waals surface area (Å²) in [5, 5.41) is 6.51. The van der Waals surface area contributed by atoms with Crippen molar-refractivity contribution in [2.45, 2.75) is 32.7 Å². The Balaban J connectivity index is 2.02. The van der Waals surface area contributed by atoms with Crippen molar-refractivity contribution in [3.63, 3.8) is 0 Å². The molecule has 2 rings (SSSR count). The Bertz CT molecular complexity index is 448. The zero-order chi connectivity index (χ0) is 14.5. The maximum absolute atomic E-state index is 11.9. The largest absolute Gasteiger partial charge is 0.344 e. The van der Waals surface area contributed by atoms with Crippen LogP contribution in [0.15, 0.2) is 5.38 Å². The van der Waals surface area contributed by atoms with Crippen LogP contribution in [0.3, 0.4) is 0 Å². The van der Waals surface area contributed by atoms with Crippen LogP contribution in [0.25, 0.3) is 0 Å². The molecule has 0 aromatic carbocycles. The van der Waals surface area contributed by atoms with Crippen LogP contribution in [-0.2, 0) is 4.79 Å². The van der Waals surface area contributed by atoms with Crippen LogP contribution in [-0.4, -0.2) is 49.0 Å². The number of likely N-dealkylation sites (N-methyl/N-ethyl adjacent to an activating group) is 1. The first-order valence-corrected chi connectivity index (χ1v) is 8.17. The molecule has 1 atom stereocenters. The normalized spacial score (nSPS) is 18.2. The number of amides is 1. The Morgan fingerprint density at radius 3 is 3.05 bits per heavy atom. The average molecular weight is 296 g/mol. The third-order valence-electron chi connectivity index (χ3n) is 3.60. The molecule has 1 aromatic rings. The van der Waals surface area contributed by atoms with E-state index in [-0.39, 0.29) is 11.9 Å². The van der Waals surface area contributed by atoms with Gasteiger partial charge in [0.1, 0.15) is 0 Å². The van der Waals surface area contributed by atoms with Gasteiger partial charge < -0.3 is 15.1 Å². The topological polar surface area (TPSA) is 48.5 Å². The van der Waals surface area contributed by atoms with Crippen LogP contribution in [0, 0.1) is 0 Å². The standard InChI is InChI=1S/C14H24N4OS/c1-4-6-15-11(2)12-10-20-14(16-12)18-8-5-7-17(3)13(19)9-18/h10-11,15H,4-9H2,1-3H3. The molecule has 0 radical (unpaired) electrons. The van der Waals surface area contributed by atoms with E-state index >= 15 is 0 Å². The Morgan fingerprint density at radius 2 is 2.30 bits per heavy atom. The molecule has 1 saturated heterocycles. The second kappa shape index (κ2) is 7.04. The van der Waals surface area contributed by atoms with Crippen molar-refractivity contribution < 1.29 is 4.79 Å². The Hall–Kier alpha value is -1.14.